The molecule has 0 aromatic rings. The molecular weight excluding hydrogens is 254 g/mol. The second kappa shape index (κ2) is 17.8. The molecule has 0 fully saturated rings. The zero-order valence-corrected chi connectivity index (χ0v) is 15.2. The van der Waals surface area contributed by atoms with Crippen LogP contribution in [0.1, 0.15) is 97.8 Å². The average molecular weight is 296 g/mol. The van der Waals surface area contributed by atoms with Gasteiger partial charge in [-0.2, -0.15) is 0 Å². The molecule has 0 amide bonds. The second-order valence-corrected chi connectivity index (χ2v) is 6.26. The van der Waals surface area contributed by atoms with E-state index in [2.05, 4.69) is 37.8 Å². The summed E-state index contributed by atoms with van der Waals surface area (Å²) in [5.41, 5.74) is 0. The number of allylic oxidation sites excluding steroid dienone is 2. The maximum absolute atomic E-state index is 2.53. The number of nitrogens with zero attached hydrogens (tertiary/aromatic N) is 1. The minimum Gasteiger partial charge on any atom is -0.304 e. The van der Waals surface area contributed by atoms with Gasteiger partial charge in [0.25, 0.3) is 0 Å². The summed E-state index contributed by atoms with van der Waals surface area (Å²) in [6.07, 6.45) is 21.4. The second-order valence-electron chi connectivity index (χ2n) is 6.26. The Bertz CT molecular complexity index is 206. The lowest BCUT2D eigenvalue weighted by atomic mass is 10.1. The van der Waals surface area contributed by atoms with Crippen molar-refractivity contribution >= 4 is 0 Å². The van der Waals surface area contributed by atoms with Crippen LogP contribution in [0.2, 0.25) is 0 Å². The Balaban J connectivity index is 3.14. The van der Waals surface area contributed by atoms with E-state index in [4.69, 9.17) is 0 Å². The van der Waals surface area contributed by atoms with Crippen LogP contribution in [0.4, 0.5) is 0 Å². The summed E-state index contributed by atoms with van der Waals surface area (Å²) in [5, 5.41) is 0. The molecule has 0 spiro atoms. The molecule has 1 nitrogen and oxygen atoms in total. The van der Waals surface area contributed by atoms with Crippen LogP contribution < -0.4 is 0 Å². The fourth-order valence-electron chi connectivity index (χ4n) is 2.77. The minimum atomic E-state index is 1.21. The van der Waals surface area contributed by atoms with Crippen LogP contribution >= 0.6 is 0 Å². The number of unbranched alkanes of at least 4 members (excludes halogenated alkanes) is 10. The van der Waals surface area contributed by atoms with Crippen molar-refractivity contribution in [1.82, 2.24) is 4.90 Å². The van der Waals surface area contributed by atoms with Crippen molar-refractivity contribution in [3.63, 3.8) is 0 Å². The molecule has 0 saturated carbocycles. The van der Waals surface area contributed by atoms with E-state index in [0.29, 0.717) is 0 Å². The Morgan fingerprint density at radius 1 is 0.571 bits per heavy atom. The number of hydrogen-bond acceptors (Lipinski definition) is 1. The van der Waals surface area contributed by atoms with E-state index >= 15 is 0 Å². The van der Waals surface area contributed by atoms with Gasteiger partial charge in [0.15, 0.2) is 0 Å². The molecule has 0 aromatic carbocycles. The fourth-order valence-corrected chi connectivity index (χ4v) is 2.77. The van der Waals surface area contributed by atoms with Crippen molar-refractivity contribution in [3.05, 3.63) is 12.2 Å². The van der Waals surface area contributed by atoms with E-state index < -0.39 is 0 Å². The van der Waals surface area contributed by atoms with Crippen molar-refractivity contribution in [2.45, 2.75) is 97.8 Å². The van der Waals surface area contributed by atoms with Crippen LogP contribution in [0.3, 0.4) is 0 Å². The molecule has 0 rings (SSSR count). The van der Waals surface area contributed by atoms with Crippen LogP contribution in [0, 0.1) is 0 Å². The first-order valence-electron chi connectivity index (χ1n) is 9.72. The predicted octanol–water partition coefficient (Wildman–Crippen LogP) is 6.59. The maximum Gasteiger partial charge on any atom is -0.00190 e. The smallest absolute Gasteiger partial charge is 0.00190 e. The molecular formula is C20H41N. The van der Waals surface area contributed by atoms with Crippen molar-refractivity contribution in [1.29, 1.82) is 0 Å². The van der Waals surface area contributed by atoms with Crippen molar-refractivity contribution < 1.29 is 0 Å². The highest BCUT2D eigenvalue weighted by Crippen LogP contribution is 2.08. The molecule has 0 aromatic heterocycles. The zero-order valence-electron chi connectivity index (χ0n) is 15.2. The van der Waals surface area contributed by atoms with Gasteiger partial charge in [0, 0.05) is 0 Å². The van der Waals surface area contributed by atoms with Gasteiger partial charge in [0.1, 0.15) is 0 Å². The Labute approximate surface area is 135 Å². The predicted molar refractivity (Wildman–Crippen MR) is 98.0 cm³/mol. The summed E-state index contributed by atoms with van der Waals surface area (Å²) >= 11 is 0. The van der Waals surface area contributed by atoms with Gasteiger partial charge < -0.3 is 4.90 Å². The Morgan fingerprint density at radius 3 is 1.57 bits per heavy atom. The van der Waals surface area contributed by atoms with Gasteiger partial charge in [-0.1, -0.05) is 77.9 Å². The van der Waals surface area contributed by atoms with Gasteiger partial charge in [-0.05, 0) is 51.7 Å². The highest BCUT2D eigenvalue weighted by molar-refractivity contribution is 4.81. The quantitative estimate of drug-likeness (QED) is 0.229. The molecule has 0 saturated heterocycles. The SMILES string of the molecule is CCCCCCC/C=C/CCCCCCCN(CC)CC. The standard InChI is InChI=1S/C20H41N/c1-4-7-8-9-10-11-12-13-14-15-16-17-18-19-20-21(5-2)6-3/h12-13H,4-11,14-20H2,1-3H3/b13-12+. The maximum atomic E-state index is 2.53. The molecule has 0 N–H and O–H groups in total. The van der Waals surface area contributed by atoms with Gasteiger partial charge in [-0.3, -0.25) is 0 Å². The first-order valence-corrected chi connectivity index (χ1v) is 9.72. The van der Waals surface area contributed by atoms with E-state index in [1.54, 1.807) is 0 Å². The summed E-state index contributed by atoms with van der Waals surface area (Å²) in [6.45, 7) is 10.5. The monoisotopic (exact) mass is 295 g/mol. The highest BCUT2D eigenvalue weighted by atomic mass is 15.1. The Morgan fingerprint density at radius 2 is 1.05 bits per heavy atom. The molecule has 0 aliphatic carbocycles. The van der Waals surface area contributed by atoms with Gasteiger partial charge >= 0.3 is 0 Å². The molecule has 0 bridgehead atoms. The molecule has 0 unspecified atom stereocenters. The molecule has 21 heavy (non-hydrogen) atoms. The normalized spacial score (nSPS) is 11.8. The molecule has 1 heteroatoms. The van der Waals surface area contributed by atoms with Crippen LogP contribution in [0.5, 0.6) is 0 Å². The third-order valence-corrected chi connectivity index (χ3v) is 4.38. The molecule has 0 aliphatic heterocycles. The van der Waals surface area contributed by atoms with Gasteiger partial charge in [0.05, 0.1) is 0 Å². The van der Waals surface area contributed by atoms with Gasteiger partial charge in [0.2, 0.25) is 0 Å². The van der Waals surface area contributed by atoms with E-state index in [0.717, 1.165) is 0 Å². The molecule has 0 aliphatic rings. The van der Waals surface area contributed by atoms with E-state index in [1.807, 2.05) is 0 Å². The zero-order chi connectivity index (χ0) is 15.6. The fraction of sp³-hybridized carbons (Fsp3) is 0.900. The average Bonchev–Trinajstić information content (AvgIpc) is 2.51. The van der Waals surface area contributed by atoms with Crippen LogP contribution in [0.15, 0.2) is 12.2 Å². The van der Waals surface area contributed by atoms with E-state index in [-0.39, 0.29) is 0 Å². The summed E-state index contributed by atoms with van der Waals surface area (Å²) in [4.78, 5) is 2.53. The lowest BCUT2D eigenvalue weighted by Gasteiger charge is -2.17. The van der Waals surface area contributed by atoms with Crippen molar-refractivity contribution in [3.8, 4) is 0 Å². The summed E-state index contributed by atoms with van der Waals surface area (Å²) in [7, 11) is 0. The van der Waals surface area contributed by atoms with Crippen LogP contribution in [-0.2, 0) is 0 Å². The molecule has 0 atom stereocenters. The van der Waals surface area contributed by atoms with Crippen molar-refractivity contribution in [2.24, 2.45) is 0 Å². The summed E-state index contributed by atoms with van der Waals surface area (Å²) in [5.74, 6) is 0. The molecule has 0 heterocycles. The first-order chi connectivity index (χ1) is 10.3. The Kier molecular flexibility index (Phi) is 17.5. The molecule has 126 valence electrons. The third-order valence-electron chi connectivity index (χ3n) is 4.38. The van der Waals surface area contributed by atoms with Crippen LogP contribution in [-0.4, -0.2) is 24.5 Å². The lowest BCUT2D eigenvalue weighted by Crippen LogP contribution is -2.23. The number of hydrogen-bond donors (Lipinski definition) is 0. The first kappa shape index (κ1) is 20.7. The summed E-state index contributed by atoms with van der Waals surface area (Å²) in [6, 6.07) is 0. The van der Waals surface area contributed by atoms with E-state index in [9.17, 15) is 0 Å². The highest BCUT2D eigenvalue weighted by Gasteiger charge is 1.97. The molecule has 0 radical (unpaired) electrons. The largest absolute Gasteiger partial charge is 0.304 e. The van der Waals surface area contributed by atoms with Gasteiger partial charge in [-0.15, -0.1) is 0 Å². The summed E-state index contributed by atoms with van der Waals surface area (Å²) < 4.78 is 0. The third kappa shape index (κ3) is 15.9. The Hall–Kier alpha value is -0.300. The van der Waals surface area contributed by atoms with Gasteiger partial charge in [-0.25, -0.2) is 0 Å². The number of rotatable bonds is 16. The minimum absolute atomic E-state index is 1.21. The van der Waals surface area contributed by atoms with Crippen molar-refractivity contribution in [2.75, 3.05) is 19.6 Å². The topological polar surface area (TPSA) is 3.24 Å². The van der Waals surface area contributed by atoms with Crippen LogP contribution in [0.25, 0.3) is 0 Å². The van der Waals surface area contributed by atoms with E-state index in [1.165, 1.54) is 96.7 Å². The lowest BCUT2D eigenvalue weighted by molar-refractivity contribution is 0.295.